The third-order valence-electron chi connectivity index (χ3n) is 4.73. The van der Waals surface area contributed by atoms with Crippen LogP contribution in [0.5, 0.6) is 0 Å². The molecule has 0 aliphatic carbocycles. The average molecular weight is 441 g/mol. The second-order valence-electron chi connectivity index (χ2n) is 6.94. The molecule has 1 N–H and O–H groups in total. The Hall–Kier alpha value is -2.44. The van der Waals surface area contributed by atoms with Crippen molar-refractivity contribution in [1.29, 1.82) is 0 Å². The third-order valence-corrected chi connectivity index (χ3v) is 5.23. The molecule has 1 amide bonds. The number of fused-ring (bicyclic) bond motifs is 1. The summed E-state index contributed by atoms with van der Waals surface area (Å²) in [4.78, 5) is 17.5. The van der Waals surface area contributed by atoms with E-state index < -0.39 is 0 Å². The summed E-state index contributed by atoms with van der Waals surface area (Å²) in [5.41, 5.74) is 3.25. The number of carbonyl (C=O) groups excluding carboxylic acids is 1. The van der Waals surface area contributed by atoms with Gasteiger partial charge in [0.2, 0.25) is 5.55 Å². The number of benzene rings is 2. The van der Waals surface area contributed by atoms with Gasteiger partial charge in [-0.05, 0) is 56.2 Å². The molecule has 2 heterocycles. The highest BCUT2D eigenvalue weighted by Crippen LogP contribution is 2.20. The smallest absolute Gasteiger partial charge is 0.256 e. The van der Waals surface area contributed by atoms with Crippen LogP contribution in [0, 0.1) is 6.92 Å². The van der Waals surface area contributed by atoms with Gasteiger partial charge >= 0.3 is 0 Å². The molecule has 6 heteroatoms. The van der Waals surface area contributed by atoms with Crippen molar-refractivity contribution in [3.05, 3.63) is 69.7 Å². The van der Waals surface area contributed by atoms with Crippen molar-refractivity contribution in [2.45, 2.75) is 25.9 Å². The standard InChI is InChI=1S/C22H21BrN2O3/c1-14-4-7-17(8-5-14)25-22-19(21(26)24-13-18-3-2-10-27-18)12-15-11-16(23)6-9-20(15)28-22/h4-9,11-12,18H,2-3,10,13H2,1H3,(H,24,26). The second kappa shape index (κ2) is 8.29. The van der Waals surface area contributed by atoms with E-state index in [-0.39, 0.29) is 12.0 Å². The van der Waals surface area contributed by atoms with Crippen LogP contribution >= 0.6 is 15.9 Å². The van der Waals surface area contributed by atoms with Crippen LogP contribution in [0.25, 0.3) is 11.0 Å². The quantitative estimate of drug-likeness (QED) is 0.642. The minimum atomic E-state index is -0.216. The molecule has 5 nitrogen and oxygen atoms in total. The average Bonchev–Trinajstić information content (AvgIpc) is 3.21. The molecule has 1 atom stereocenters. The van der Waals surface area contributed by atoms with Gasteiger partial charge in [0.25, 0.3) is 5.91 Å². The Kier molecular flexibility index (Phi) is 5.59. The molecule has 0 spiro atoms. The summed E-state index contributed by atoms with van der Waals surface area (Å²) >= 11 is 3.47. The zero-order valence-electron chi connectivity index (χ0n) is 15.6. The van der Waals surface area contributed by atoms with Gasteiger partial charge in [0, 0.05) is 23.0 Å². The van der Waals surface area contributed by atoms with Crippen LogP contribution in [0.4, 0.5) is 5.69 Å². The summed E-state index contributed by atoms with van der Waals surface area (Å²) in [6.07, 6.45) is 2.08. The van der Waals surface area contributed by atoms with Gasteiger partial charge in [-0.15, -0.1) is 0 Å². The Labute approximate surface area is 171 Å². The fourth-order valence-electron chi connectivity index (χ4n) is 3.19. The first-order valence-corrected chi connectivity index (χ1v) is 10.1. The van der Waals surface area contributed by atoms with E-state index in [1.54, 1.807) is 0 Å². The number of ether oxygens (including phenoxy) is 1. The molecule has 1 aliphatic heterocycles. The molecule has 1 fully saturated rings. The molecule has 3 aromatic rings. The molecule has 1 saturated heterocycles. The Balaban J connectivity index is 1.74. The van der Waals surface area contributed by atoms with E-state index in [0.29, 0.717) is 23.2 Å². The lowest BCUT2D eigenvalue weighted by Crippen LogP contribution is -2.34. The first-order valence-electron chi connectivity index (χ1n) is 9.33. The minimum absolute atomic E-state index is 0.0768. The topological polar surface area (TPSA) is 63.8 Å². The fraction of sp³-hybridized carbons (Fsp3) is 0.273. The van der Waals surface area contributed by atoms with Crippen molar-refractivity contribution in [2.75, 3.05) is 13.2 Å². The zero-order chi connectivity index (χ0) is 19.5. The molecular formula is C22H21BrN2O3. The van der Waals surface area contributed by atoms with Crippen molar-refractivity contribution in [3.63, 3.8) is 0 Å². The van der Waals surface area contributed by atoms with Gasteiger partial charge < -0.3 is 14.5 Å². The lowest BCUT2D eigenvalue weighted by atomic mass is 10.1. The molecular weight excluding hydrogens is 420 g/mol. The van der Waals surface area contributed by atoms with Crippen LogP contribution in [-0.4, -0.2) is 25.2 Å². The molecule has 1 aliphatic rings. The number of nitrogens with zero attached hydrogens (tertiary/aromatic N) is 1. The van der Waals surface area contributed by atoms with Gasteiger partial charge in [0.05, 0.1) is 11.8 Å². The summed E-state index contributed by atoms with van der Waals surface area (Å²) in [5.74, 6) is -0.216. The number of hydrogen-bond acceptors (Lipinski definition) is 4. The summed E-state index contributed by atoms with van der Waals surface area (Å²) in [5, 5.41) is 3.79. The van der Waals surface area contributed by atoms with Crippen molar-refractivity contribution in [3.8, 4) is 0 Å². The van der Waals surface area contributed by atoms with Crippen LogP contribution < -0.4 is 10.9 Å². The van der Waals surface area contributed by atoms with Gasteiger partial charge in [0.15, 0.2) is 0 Å². The monoisotopic (exact) mass is 440 g/mol. The number of rotatable bonds is 4. The normalized spacial score (nSPS) is 17.2. The number of halogens is 1. The van der Waals surface area contributed by atoms with Crippen molar-refractivity contribution >= 4 is 38.5 Å². The maximum Gasteiger partial charge on any atom is 0.256 e. The van der Waals surface area contributed by atoms with Gasteiger partial charge in [-0.3, -0.25) is 4.79 Å². The van der Waals surface area contributed by atoms with E-state index in [0.717, 1.165) is 40.6 Å². The van der Waals surface area contributed by atoms with Gasteiger partial charge in [0.1, 0.15) is 11.1 Å². The van der Waals surface area contributed by atoms with Crippen molar-refractivity contribution < 1.29 is 13.9 Å². The number of nitrogens with one attached hydrogen (secondary N) is 1. The predicted molar refractivity (Wildman–Crippen MR) is 112 cm³/mol. The molecule has 4 rings (SSSR count). The number of aryl methyl sites for hydroxylation is 1. The molecule has 0 saturated carbocycles. The second-order valence-corrected chi connectivity index (χ2v) is 7.86. The summed E-state index contributed by atoms with van der Waals surface area (Å²) in [7, 11) is 0. The minimum Gasteiger partial charge on any atom is -0.438 e. The zero-order valence-corrected chi connectivity index (χ0v) is 17.2. The van der Waals surface area contributed by atoms with Crippen LogP contribution in [0.1, 0.15) is 28.8 Å². The van der Waals surface area contributed by atoms with E-state index in [9.17, 15) is 4.79 Å². The van der Waals surface area contributed by atoms with E-state index >= 15 is 0 Å². The van der Waals surface area contributed by atoms with Gasteiger partial charge in [-0.1, -0.05) is 33.6 Å². The third kappa shape index (κ3) is 4.34. The molecule has 2 aromatic carbocycles. The lowest BCUT2D eigenvalue weighted by Gasteiger charge is -2.11. The first-order chi connectivity index (χ1) is 13.6. The molecule has 1 aromatic heterocycles. The molecule has 1 unspecified atom stereocenters. The molecule has 144 valence electrons. The van der Waals surface area contributed by atoms with Crippen LogP contribution in [0.2, 0.25) is 0 Å². The van der Waals surface area contributed by atoms with Gasteiger partial charge in [-0.25, -0.2) is 4.99 Å². The maximum atomic E-state index is 12.9. The highest BCUT2D eigenvalue weighted by molar-refractivity contribution is 9.10. The largest absolute Gasteiger partial charge is 0.438 e. The fourth-order valence-corrected chi connectivity index (χ4v) is 3.57. The Morgan fingerprint density at radius 2 is 2.04 bits per heavy atom. The molecule has 28 heavy (non-hydrogen) atoms. The highest BCUT2D eigenvalue weighted by atomic mass is 79.9. The number of amides is 1. The van der Waals surface area contributed by atoms with Crippen molar-refractivity contribution in [1.82, 2.24) is 5.32 Å². The van der Waals surface area contributed by atoms with E-state index in [2.05, 4.69) is 26.2 Å². The Bertz CT molecular complexity index is 1070. The van der Waals surface area contributed by atoms with E-state index in [1.165, 1.54) is 0 Å². The van der Waals surface area contributed by atoms with Crippen LogP contribution in [-0.2, 0) is 4.74 Å². The number of hydrogen-bond donors (Lipinski definition) is 1. The number of carbonyl (C=O) groups is 1. The first kappa shape index (κ1) is 18.9. The predicted octanol–water partition coefficient (Wildman–Crippen LogP) is 4.64. The Morgan fingerprint density at radius 1 is 1.21 bits per heavy atom. The SMILES string of the molecule is Cc1ccc(N=c2oc3ccc(Br)cc3cc2C(=O)NCC2CCCO2)cc1. The van der Waals surface area contributed by atoms with E-state index in [4.69, 9.17) is 9.15 Å². The summed E-state index contributed by atoms with van der Waals surface area (Å²) in [6.45, 7) is 3.26. The molecule has 0 radical (unpaired) electrons. The van der Waals surface area contributed by atoms with Gasteiger partial charge in [-0.2, -0.15) is 0 Å². The maximum absolute atomic E-state index is 12.9. The summed E-state index contributed by atoms with van der Waals surface area (Å²) < 4.78 is 12.5. The van der Waals surface area contributed by atoms with Crippen molar-refractivity contribution in [2.24, 2.45) is 4.99 Å². The highest BCUT2D eigenvalue weighted by Gasteiger charge is 2.18. The Morgan fingerprint density at radius 3 is 2.79 bits per heavy atom. The molecule has 0 bridgehead atoms. The van der Waals surface area contributed by atoms with E-state index in [1.807, 2.05) is 55.5 Å². The van der Waals surface area contributed by atoms with Crippen LogP contribution in [0.15, 0.2) is 62.4 Å². The lowest BCUT2D eigenvalue weighted by molar-refractivity contribution is 0.0854. The summed E-state index contributed by atoms with van der Waals surface area (Å²) in [6, 6.07) is 15.3. The van der Waals surface area contributed by atoms with Crippen LogP contribution in [0.3, 0.4) is 0 Å².